The van der Waals surface area contributed by atoms with Crippen molar-refractivity contribution >= 4 is 5.69 Å². The van der Waals surface area contributed by atoms with Crippen LogP contribution in [0.5, 0.6) is 0 Å². The van der Waals surface area contributed by atoms with Crippen LogP contribution in [0.4, 0.5) is 18.9 Å². The van der Waals surface area contributed by atoms with Crippen LogP contribution in [0.25, 0.3) is 0 Å². The molecule has 0 heterocycles. The van der Waals surface area contributed by atoms with Crippen molar-refractivity contribution in [2.24, 2.45) is 5.73 Å². The van der Waals surface area contributed by atoms with Gasteiger partial charge in [0, 0.05) is 24.8 Å². The first-order chi connectivity index (χ1) is 8.97. The van der Waals surface area contributed by atoms with E-state index in [-0.39, 0.29) is 13.2 Å². The van der Waals surface area contributed by atoms with Gasteiger partial charge in [0.25, 0.3) is 0 Å². The molecule has 0 aromatic heterocycles. The van der Waals surface area contributed by atoms with Crippen molar-refractivity contribution in [2.45, 2.75) is 31.6 Å². The summed E-state index contributed by atoms with van der Waals surface area (Å²) >= 11 is 0. The fraction of sp³-hybridized carbons (Fsp3) is 0.538. The van der Waals surface area contributed by atoms with Crippen molar-refractivity contribution in [3.63, 3.8) is 0 Å². The molecule has 3 N–H and O–H groups in total. The number of hydrogen-bond donors (Lipinski definition) is 2. The minimum absolute atomic E-state index is 0.0263. The lowest BCUT2D eigenvalue weighted by Gasteiger charge is -2.26. The van der Waals surface area contributed by atoms with Gasteiger partial charge < -0.3 is 15.7 Å². The monoisotopic (exact) mass is 274 g/mol. The molecule has 1 fully saturated rings. The Labute approximate surface area is 109 Å². The molecule has 106 valence electrons. The van der Waals surface area contributed by atoms with Crippen LogP contribution < -0.4 is 10.6 Å². The zero-order valence-electron chi connectivity index (χ0n) is 10.5. The van der Waals surface area contributed by atoms with Gasteiger partial charge in [-0.05, 0) is 36.6 Å². The van der Waals surface area contributed by atoms with Crippen LogP contribution >= 0.6 is 0 Å². The minimum Gasteiger partial charge on any atom is -0.395 e. The number of nitrogens with zero attached hydrogens (tertiary/aromatic N) is 1. The van der Waals surface area contributed by atoms with E-state index in [1.807, 2.05) is 4.90 Å². The molecule has 0 spiro atoms. The molecule has 0 bridgehead atoms. The zero-order valence-corrected chi connectivity index (χ0v) is 10.5. The number of alkyl halides is 3. The molecule has 0 unspecified atom stereocenters. The lowest BCUT2D eigenvalue weighted by atomic mass is 10.1. The first kappa shape index (κ1) is 14.1. The third kappa shape index (κ3) is 3.19. The van der Waals surface area contributed by atoms with Crippen LogP contribution in [0.1, 0.15) is 24.0 Å². The smallest absolute Gasteiger partial charge is 0.395 e. The van der Waals surface area contributed by atoms with E-state index in [4.69, 9.17) is 10.8 Å². The summed E-state index contributed by atoms with van der Waals surface area (Å²) in [6, 6.07) is 3.94. The molecule has 1 aromatic rings. The van der Waals surface area contributed by atoms with Crippen molar-refractivity contribution in [1.82, 2.24) is 0 Å². The van der Waals surface area contributed by atoms with Gasteiger partial charge in [0.2, 0.25) is 0 Å². The van der Waals surface area contributed by atoms with E-state index < -0.39 is 11.7 Å². The van der Waals surface area contributed by atoms with Gasteiger partial charge in [-0.3, -0.25) is 0 Å². The Hall–Kier alpha value is -1.27. The van der Waals surface area contributed by atoms with Gasteiger partial charge in [0.05, 0.1) is 12.2 Å². The molecule has 0 atom stereocenters. The Morgan fingerprint density at radius 3 is 2.47 bits per heavy atom. The van der Waals surface area contributed by atoms with Crippen molar-refractivity contribution < 1.29 is 18.3 Å². The number of hydrogen-bond acceptors (Lipinski definition) is 3. The molecule has 6 heteroatoms. The molecule has 19 heavy (non-hydrogen) atoms. The minimum atomic E-state index is -4.36. The number of halogens is 3. The maximum Gasteiger partial charge on any atom is 0.416 e. The molecule has 1 aromatic carbocycles. The Morgan fingerprint density at radius 1 is 1.32 bits per heavy atom. The van der Waals surface area contributed by atoms with Crippen molar-refractivity contribution in [3.05, 3.63) is 29.3 Å². The second-order valence-corrected chi connectivity index (χ2v) is 4.69. The largest absolute Gasteiger partial charge is 0.416 e. The molecule has 0 saturated heterocycles. The predicted octanol–water partition coefficient (Wildman–Crippen LogP) is 2.13. The average molecular weight is 274 g/mol. The molecular formula is C13H17F3N2O. The highest BCUT2D eigenvalue weighted by atomic mass is 19.4. The third-order valence-corrected chi connectivity index (χ3v) is 3.26. The summed E-state index contributed by atoms with van der Waals surface area (Å²) in [6.45, 7) is 0.443. The van der Waals surface area contributed by atoms with E-state index in [0.29, 0.717) is 23.8 Å². The molecule has 3 nitrogen and oxygen atoms in total. The second kappa shape index (κ2) is 5.38. The van der Waals surface area contributed by atoms with Crippen LogP contribution in [0.3, 0.4) is 0 Å². The number of rotatable bonds is 5. The SMILES string of the molecule is NCc1cc(C(F)(F)F)ccc1N(CCO)C1CC1. The van der Waals surface area contributed by atoms with Gasteiger partial charge in [-0.25, -0.2) is 0 Å². The summed E-state index contributed by atoms with van der Waals surface area (Å²) in [5, 5.41) is 9.07. The highest BCUT2D eigenvalue weighted by Crippen LogP contribution is 2.36. The van der Waals surface area contributed by atoms with E-state index >= 15 is 0 Å². The zero-order chi connectivity index (χ0) is 14.0. The summed E-state index contributed by atoms with van der Waals surface area (Å²) < 4.78 is 38.0. The Bertz CT molecular complexity index is 444. The van der Waals surface area contributed by atoms with Gasteiger partial charge in [-0.2, -0.15) is 13.2 Å². The van der Waals surface area contributed by atoms with Crippen LogP contribution in [0.15, 0.2) is 18.2 Å². The van der Waals surface area contributed by atoms with Crippen LogP contribution in [-0.2, 0) is 12.7 Å². The molecule has 1 aliphatic rings. The highest BCUT2D eigenvalue weighted by molar-refractivity contribution is 5.57. The molecular weight excluding hydrogens is 257 g/mol. The average Bonchev–Trinajstić information content (AvgIpc) is 3.18. The molecule has 0 aliphatic heterocycles. The third-order valence-electron chi connectivity index (χ3n) is 3.26. The van der Waals surface area contributed by atoms with E-state index in [9.17, 15) is 13.2 Å². The first-order valence-electron chi connectivity index (χ1n) is 6.25. The summed E-state index contributed by atoms with van der Waals surface area (Å²) in [5.74, 6) is 0. The van der Waals surface area contributed by atoms with E-state index in [0.717, 1.165) is 25.0 Å². The second-order valence-electron chi connectivity index (χ2n) is 4.69. The number of aliphatic hydroxyl groups is 1. The number of anilines is 1. The van der Waals surface area contributed by atoms with E-state index in [1.165, 1.54) is 6.07 Å². The van der Waals surface area contributed by atoms with E-state index in [2.05, 4.69) is 0 Å². The van der Waals surface area contributed by atoms with Crippen LogP contribution in [0.2, 0.25) is 0 Å². The summed E-state index contributed by atoms with van der Waals surface area (Å²) in [7, 11) is 0. The van der Waals surface area contributed by atoms with Gasteiger partial charge in [-0.1, -0.05) is 0 Å². The van der Waals surface area contributed by atoms with Gasteiger partial charge in [0.15, 0.2) is 0 Å². The van der Waals surface area contributed by atoms with Crippen molar-refractivity contribution in [2.75, 3.05) is 18.1 Å². The van der Waals surface area contributed by atoms with Crippen LogP contribution in [0, 0.1) is 0 Å². The summed E-state index contributed by atoms with van der Waals surface area (Å²) in [6.07, 6.45) is -2.35. The van der Waals surface area contributed by atoms with Crippen molar-refractivity contribution in [3.8, 4) is 0 Å². The van der Waals surface area contributed by atoms with Crippen molar-refractivity contribution in [1.29, 1.82) is 0 Å². The molecule has 2 rings (SSSR count). The molecule has 0 amide bonds. The maximum atomic E-state index is 12.7. The number of nitrogens with two attached hydrogens (primary N) is 1. The van der Waals surface area contributed by atoms with Gasteiger partial charge >= 0.3 is 6.18 Å². The van der Waals surface area contributed by atoms with Gasteiger partial charge in [-0.15, -0.1) is 0 Å². The summed E-state index contributed by atoms with van der Waals surface area (Å²) in [5.41, 5.74) is 6.05. The Balaban J connectivity index is 2.34. The summed E-state index contributed by atoms with van der Waals surface area (Å²) in [4.78, 5) is 1.95. The number of benzene rings is 1. The molecule has 0 radical (unpaired) electrons. The lowest BCUT2D eigenvalue weighted by molar-refractivity contribution is -0.137. The lowest BCUT2D eigenvalue weighted by Crippen LogP contribution is -2.30. The topological polar surface area (TPSA) is 49.5 Å². The fourth-order valence-corrected chi connectivity index (χ4v) is 2.20. The molecule has 1 saturated carbocycles. The fourth-order valence-electron chi connectivity index (χ4n) is 2.20. The van der Waals surface area contributed by atoms with E-state index in [1.54, 1.807) is 0 Å². The van der Waals surface area contributed by atoms with Crippen LogP contribution in [-0.4, -0.2) is 24.3 Å². The normalized spacial score (nSPS) is 15.6. The quantitative estimate of drug-likeness (QED) is 0.864. The molecule has 1 aliphatic carbocycles. The Kier molecular flexibility index (Phi) is 4.01. The maximum absolute atomic E-state index is 12.7. The van der Waals surface area contributed by atoms with Gasteiger partial charge in [0.1, 0.15) is 0 Å². The Morgan fingerprint density at radius 2 is 2.00 bits per heavy atom. The standard InChI is InChI=1S/C13H17F3N2O/c14-13(15,16)10-1-4-12(9(7-10)8-17)18(5-6-19)11-2-3-11/h1,4,7,11,19H,2-3,5-6,8,17H2. The first-order valence-corrected chi connectivity index (χ1v) is 6.25. The highest BCUT2D eigenvalue weighted by Gasteiger charge is 2.33. The number of aliphatic hydroxyl groups excluding tert-OH is 1. The predicted molar refractivity (Wildman–Crippen MR) is 66.8 cm³/mol.